The second-order valence-electron chi connectivity index (χ2n) is 29.4. The van der Waals surface area contributed by atoms with E-state index in [0.717, 1.165) is 102 Å². The summed E-state index contributed by atoms with van der Waals surface area (Å²) in [7, 11) is -9.92. The standard InChI is InChI=1S/C79H154O17P2/c1-7-9-11-13-15-17-19-21-28-32-36-43-49-55-61-76(81)89-67-74(95-79(84)64-58-52-46-38-34-30-26-24-23-25-27-31-35-41-47-53-59-71(3)4)69-93-97(85,86)91-65-73(80)66-92-98(87,88)94-70-75(68-90-77(82)62-56-50-44-40-39-42-48-54-60-72(5)6)96-78(83)63-57-51-45-37-33-29-22-20-18-16-14-12-10-8-2/h71-75,80H,7-70H2,1-6H3,(H,85,86)(H,87,88)/t73-,74-,75-/m1/s1. The van der Waals surface area contributed by atoms with E-state index in [1.807, 2.05) is 0 Å². The SMILES string of the molecule is CCCCCCCCCCCCCCCCC(=O)OC[C@H](COP(=O)(O)OC[C@@H](O)COP(=O)(O)OC[C@@H](COC(=O)CCCCCCCCCCC(C)C)OC(=O)CCCCCCCCCCCCCCCC)OC(=O)CCCCCCCCCCCCCCCCCCC(C)C. The molecule has 0 radical (unpaired) electrons. The normalized spacial score (nSPS) is 13.9. The van der Waals surface area contributed by atoms with Gasteiger partial charge in [-0.15, -0.1) is 0 Å². The Balaban J connectivity index is 5.24. The summed E-state index contributed by atoms with van der Waals surface area (Å²) in [6, 6.07) is 0. The van der Waals surface area contributed by atoms with E-state index in [9.17, 15) is 43.2 Å². The quantitative estimate of drug-likeness (QED) is 0.0222. The summed E-state index contributed by atoms with van der Waals surface area (Å²) < 4.78 is 68.7. The van der Waals surface area contributed by atoms with Crippen LogP contribution in [0.4, 0.5) is 0 Å². The van der Waals surface area contributed by atoms with Gasteiger partial charge in [0.15, 0.2) is 12.2 Å². The van der Waals surface area contributed by atoms with Crippen LogP contribution in [0, 0.1) is 11.8 Å². The van der Waals surface area contributed by atoms with Gasteiger partial charge in [-0.25, -0.2) is 9.13 Å². The zero-order chi connectivity index (χ0) is 72.1. The van der Waals surface area contributed by atoms with E-state index >= 15 is 0 Å². The molecule has 582 valence electrons. The summed E-state index contributed by atoms with van der Waals surface area (Å²) >= 11 is 0. The highest BCUT2D eigenvalue weighted by atomic mass is 31.2. The zero-order valence-corrected chi connectivity index (χ0v) is 65.9. The van der Waals surface area contributed by atoms with Crippen LogP contribution in [0.5, 0.6) is 0 Å². The second-order valence-corrected chi connectivity index (χ2v) is 32.3. The van der Waals surface area contributed by atoms with Crippen molar-refractivity contribution >= 4 is 39.5 Å². The number of hydrogen-bond donors (Lipinski definition) is 3. The third-order valence-corrected chi connectivity index (χ3v) is 20.4. The van der Waals surface area contributed by atoms with Crippen molar-refractivity contribution in [2.75, 3.05) is 39.6 Å². The van der Waals surface area contributed by atoms with Gasteiger partial charge in [-0.05, 0) is 37.5 Å². The predicted octanol–water partition coefficient (Wildman–Crippen LogP) is 23.5. The number of aliphatic hydroxyl groups excluding tert-OH is 1. The Hall–Kier alpha value is -1.94. The van der Waals surface area contributed by atoms with Gasteiger partial charge < -0.3 is 33.8 Å². The van der Waals surface area contributed by atoms with Crippen LogP contribution >= 0.6 is 15.6 Å². The summed E-state index contributed by atoms with van der Waals surface area (Å²) in [5, 5.41) is 10.6. The molecule has 0 aliphatic carbocycles. The Labute approximate surface area is 600 Å². The minimum absolute atomic E-state index is 0.108. The summed E-state index contributed by atoms with van der Waals surface area (Å²) in [4.78, 5) is 73.0. The van der Waals surface area contributed by atoms with Gasteiger partial charge in [0.2, 0.25) is 0 Å². The zero-order valence-electron chi connectivity index (χ0n) is 64.1. The fourth-order valence-corrected chi connectivity index (χ4v) is 13.8. The molecule has 0 saturated carbocycles. The smallest absolute Gasteiger partial charge is 0.462 e. The van der Waals surface area contributed by atoms with Crippen molar-refractivity contribution < 1.29 is 80.2 Å². The summed E-state index contributed by atoms with van der Waals surface area (Å²) in [5.74, 6) is -0.574. The maximum Gasteiger partial charge on any atom is 0.472 e. The van der Waals surface area contributed by atoms with Gasteiger partial charge in [0, 0.05) is 25.7 Å². The van der Waals surface area contributed by atoms with Crippen molar-refractivity contribution in [2.24, 2.45) is 11.8 Å². The van der Waals surface area contributed by atoms with Crippen molar-refractivity contribution in [1.29, 1.82) is 0 Å². The van der Waals surface area contributed by atoms with Crippen LogP contribution in [-0.2, 0) is 65.4 Å². The number of esters is 4. The molecule has 0 aromatic carbocycles. The maximum absolute atomic E-state index is 13.1. The minimum atomic E-state index is -4.96. The van der Waals surface area contributed by atoms with Gasteiger partial charge in [-0.2, -0.15) is 0 Å². The van der Waals surface area contributed by atoms with Gasteiger partial charge in [0.1, 0.15) is 19.3 Å². The number of hydrogen-bond acceptors (Lipinski definition) is 15. The molecule has 0 rings (SSSR count). The van der Waals surface area contributed by atoms with Crippen molar-refractivity contribution in [3.63, 3.8) is 0 Å². The predicted molar refractivity (Wildman–Crippen MR) is 400 cm³/mol. The molecule has 0 saturated heterocycles. The fourth-order valence-electron chi connectivity index (χ4n) is 12.2. The molecule has 0 bridgehead atoms. The lowest BCUT2D eigenvalue weighted by molar-refractivity contribution is -0.161. The lowest BCUT2D eigenvalue weighted by Crippen LogP contribution is -2.30. The first-order valence-corrected chi connectivity index (χ1v) is 44.0. The number of rotatable bonds is 78. The third kappa shape index (κ3) is 72.4. The van der Waals surface area contributed by atoms with Crippen LogP contribution in [0.25, 0.3) is 0 Å². The van der Waals surface area contributed by atoms with E-state index in [1.165, 1.54) is 231 Å². The first kappa shape index (κ1) is 96.1. The van der Waals surface area contributed by atoms with Crippen molar-refractivity contribution in [3.05, 3.63) is 0 Å². The molecule has 0 spiro atoms. The van der Waals surface area contributed by atoms with Gasteiger partial charge in [-0.3, -0.25) is 37.3 Å². The second kappa shape index (κ2) is 70.7. The Kier molecular flexibility index (Phi) is 69.3. The van der Waals surface area contributed by atoms with Gasteiger partial charge in [0.05, 0.1) is 26.4 Å². The van der Waals surface area contributed by atoms with Crippen molar-refractivity contribution in [1.82, 2.24) is 0 Å². The topological polar surface area (TPSA) is 237 Å². The van der Waals surface area contributed by atoms with E-state index in [0.29, 0.717) is 25.7 Å². The average Bonchev–Trinajstić information content (AvgIpc) is 1.00. The monoisotopic (exact) mass is 1440 g/mol. The number of carbonyl (C=O) groups excluding carboxylic acids is 4. The molecule has 0 aliphatic rings. The van der Waals surface area contributed by atoms with E-state index in [2.05, 4.69) is 41.5 Å². The Morgan fingerprint density at radius 1 is 0.276 bits per heavy atom. The highest BCUT2D eigenvalue weighted by Gasteiger charge is 2.30. The lowest BCUT2D eigenvalue weighted by Gasteiger charge is -2.21. The molecule has 3 N–H and O–H groups in total. The molecule has 17 nitrogen and oxygen atoms in total. The minimum Gasteiger partial charge on any atom is -0.462 e. The fraction of sp³-hybridized carbons (Fsp3) is 0.949. The number of phosphoric acid groups is 2. The van der Waals surface area contributed by atoms with Crippen LogP contribution in [-0.4, -0.2) is 96.7 Å². The summed E-state index contributed by atoms with van der Waals surface area (Å²) in [6.07, 6.45) is 59.6. The van der Waals surface area contributed by atoms with Crippen molar-refractivity contribution in [3.8, 4) is 0 Å². The number of phosphoric ester groups is 2. The molecule has 0 aromatic heterocycles. The summed E-state index contributed by atoms with van der Waals surface area (Å²) in [5.41, 5.74) is 0. The number of aliphatic hydroxyl groups is 1. The molecule has 0 amide bonds. The lowest BCUT2D eigenvalue weighted by atomic mass is 10.0. The number of unbranched alkanes of at least 4 members (excludes halogenated alkanes) is 48. The van der Waals surface area contributed by atoms with E-state index in [1.54, 1.807) is 0 Å². The number of carbonyl (C=O) groups is 4. The molecule has 0 fully saturated rings. The first-order chi connectivity index (χ1) is 47.4. The summed E-state index contributed by atoms with van der Waals surface area (Å²) in [6.45, 7) is 9.62. The van der Waals surface area contributed by atoms with Gasteiger partial charge in [0.25, 0.3) is 0 Å². The molecular weight excluding hydrogens is 1280 g/mol. The maximum atomic E-state index is 13.1. The average molecular weight is 1440 g/mol. The molecule has 0 heterocycles. The number of ether oxygens (including phenoxy) is 4. The molecule has 98 heavy (non-hydrogen) atoms. The van der Waals surface area contributed by atoms with Crippen LogP contribution < -0.4 is 0 Å². The van der Waals surface area contributed by atoms with Crippen LogP contribution in [0.1, 0.15) is 414 Å². The molecule has 0 aromatic rings. The Bertz CT molecular complexity index is 1890. The molecular formula is C79H154O17P2. The molecule has 0 aliphatic heterocycles. The van der Waals surface area contributed by atoms with Crippen LogP contribution in [0.2, 0.25) is 0 Å². The highest BCUT2D eigenvalue weighted by Crippen LogP contribution is 2.45. The first-order valence-electron chi connectivity index (χ1n) is 41.0. The van der Waals surface area contributed by atoms with Crippen molar-refractivity contribution in [2.45, 2.75) is 432 Å². The van der Waals surface area contributed by atoms with Gasteiger partial charge >= 0.3 is 39.5 Å². The Morgan fingerprint density at radius 3 is 0.694 bits per heavy atom. The van der Waals surface area contributed by atoms with Gasteiger partial charge in [-0.1, -0.05) is 363 Å². The van der Waals surface area contributed by atoms with E-state index < -0.39 is 97.5 Å². The molecule has 2 unspecified atom stereocenters. The highest BCUT2D eigenvalue weighted by molar-refractivity contribution is 7.47. The largest absolute Gasteiger partial charge is 0.472 e. The molecule has 19 heteroatoms. The van der Waals surface area contributed by atoms with Crippen LogP contribution in [0.15, 0.2) is 0 Å². The Morgan fingerprint density at radius 2 is 0.469 bits per heavy atom. The van der Waals surface area contributed by atoms with E-state index in [4.69, 9.17) is 37.0 Å². The van der Waals surface area contributed by atoms with E-state index in [-0.39, 0.29) is 25.7 Å². The third-order valence-electron chi connectivity index (χ3n) is 18.5. The molecule has 5 atom stereocenters. The van der Waals surface area contributed by atoms with Crippen LogP contribution in [0.3, 0.4) is 0 Å².